The molecule has 0 saturated heterocycles. The number of amides is 2. The lowest BCUT2D eigenvalue weighted by atomic mass is 10.0. The Morgan fingerprint density at radius 1 is 1.14 bits per heavy atom. The van der Waals surface area contributed by atoms with Crippen LogP contribution in [-0.2, 0) is 16.0 Å². The first-order chi connectivity index (χ1) is 16.6. The Morgan fingerprint density at radius 3 is 2.51 bits per heavy atom. The summed E-state index contributed by atoms with van der Waals surface area (Å²) in [5, 5.41) is 14.6. The average Bonchev–Trinajstić information content (AvgIpc) is 2.80. The summed E-state index contributed by atoms with van der Waals surface area (Å²) in [7, 11) is 1.55. The number of benzene rings is 2. The summed E-state index contributed by atoms with van der Waals surface area (Å²) in [5.74, 6) is -1.85. The number of carboxylic acid groups (broad SMARTS) is 1. The first-order valence-electron chi connectivity index (χ1n) is 11.0. The molecule has 0 unspecified atom stereocenters. The van der Waals surface area contributed by atoms with Gasteiger partial charge in [0.2, 0.25) is 5.91 Å². The summed E-state index contributed by atoms with van der Waals surface area (Å²) in [6.45, 7) is 3.70. The van der Waals surface area contributed by atoms with Crippen molar-refractivity contribution in [3.63, 3.8) is 0 Å². The molecule has 35 heavy (non-hydrogen) atoms. The predicted octanol–water partition coefficient (Wildman–Crippen LogP) is 3.06. The van der Waals surface area contributed by atoms with Crippen molar-refractivity contribution >= 4 is 40.1 Å². The molecule has 0 spiro atoms. The number of aryl methyl sites for hydroxylation is 2. The molecular weight excluding hydrogens is 454 g/mol. The second-order valence-corrected chi connectivity index (χ2v) is 8.04. The summed E-state index contributed by atoms with van der Waals surface area (Å²) in [4.78, 5) is 48.3. The van der Waals surface area contributed by atoms with Crippen LogP contribution < -0.4 is 26.7 Å². The fraction of sp³-hybridized carbons (Fsp3) is 0.280. The minimum Gasteiger partial charge on any atom is -0.496 e. The Labute approximate surface area is 201 Å². The number of hydrogen-bond acceptors (Lipinski definition) is 7. The van der Waals surface area contributed by atoms with Gasteiger partial charge in [-0.15, -0.1) is 0 Å². The molecular formula is C25H27N3O7. The van der Waals surface area contributed by atoms with E-state index >= 15 is 0 Å². The van der Waals surface area contributed by atoms with E-state index in [9.17, 15) is 19.2 Å². The number of fused-ring (bicyclic) bond motifs is 1. The van der Waals surface area contributed by atoms with Gasteiger partial charge in [-0.25, -0.2) is 4.79 Å². The highest BCUT2D eigenvalue weighted by Gasteiger charge is 2.19. The summed E-state index contributed by atoms with van der Waals surface area (Å²) < 4.78 is 10.9. The Bertz CT molecular complexity index is 1350. The number of aliphatic carboxylic acids is 1. The molecule has 0 saturated carbocycles. The number of ether oxygens (including phenoxy) is 1. The van der Waals surface area contributed by atoms with Crippen LogP contribution in [0.15, 0.2) is 45.6 Å². The Morgan fingerprint density at radius 2 is 1.89 bits per heavy atom. The molecule has 184 valence electrons. The molecule has 1 heterocycles. The number of carbonyl (C=O) groups excluding carboxylic acids is 2. The molecule has 2 aromatic carbocycles. The van der Waals surface area contributed by atoms with Crippen molar-refractivity contribution in [2.75, 3.05) is 17.7 Å². The highest BCUT2D eigenvalue weighted by Crippen LogP contribution is 2.29. The van der Waals surface area contributed by atoms with E-state index in [1.807, 2.05) is 6.92 Å². The molecule has 10 nitrogen and oxygen atoms in total. The largest absolute Gasteiger partial charge is 0.496 e. The monoisotopic (exact) mass is 481 g/mol. The van der Waals surface area contributed by atoms with Gasteiger partial charge in [0.05, 0.1) is 19.6 Å². The SMILES string of the molecule is CCCc1c(OC)ccc2cc(C(=O)Nc3ccc(NC(=O)[C@@H](N)CC(=O)O)cc3C)c(=O)oc12. The molecule has 5 N–H and O–H groups in total. The lowest BCUT2D eigenvalue weighted by Gasteiger charge is -2.13. The van der Waals surface area contributed by atoms with Gasteiger partial charge >= 0.3 is 11.6 Å². The number of nitrogens with one attached hydrogen (secondary N) is 2. The maximum absolute atomic E-state index is 12.9. The third kappa shape index (κ3) is 5.85. The molecule has 3 rings (SSSR count). The van der Waals surface area contributed by atoms with Gasteiger partial charge in [-0.2, -0.15) is 0 Å². The van der Waals surface area contributed by atoms with Gasteiger partial charge in [0.1, 0.15) is 16.9 Å². The van der Waals surface area contributed by atoms with Crippen molar-refractivity contribution < 1.29 is 28.6 Å². The molecule has 1 aromatic heterocycles. The van der Waals surface area contributed by atoms with Crippen LogP contribution >= 0.6 is 0 Å². The van der Waals surface area contributed by atoms with E-state index < -0.39 is 35.9 Å². The fourth-order valence-corrected chi connectivity index (χ4v) is 3.65. The van der Waals surface area contributed by atoms with E-state index in [1.165, 1.54) is 12.1 Å². The van der Waals surface area contributed by atoms with E-state index in [2.05, 4.69) is 10.6 Å². The lowest BCUT2D eigenvalue weighted by Crippen LogP contribution is -2.37. The minimum atomic E-state index is -1.20. The first kappa shape index (κ1) is 25.4. The van der Waals surface area contributed by atoms with Gasteiger partial charge in [0.25, 0.3) is 5.91 Å². The lowest BCUT2D eigenvalue weighted by molar-refractivity contribution is -0.138. The molecule has 0 aliphatic rings. The van der Waals surface area contributed by atoms with Crippen LogP contribution in [0.3, 0.4) is 0 Å². The normalized spacial score (nSPS) is 11.7. The molecule has 0 radical (unpaired) electrons. The van der Waals surface area contributed by atoms with Crippen molar-refractivity contribution in [2.45, 2.75) is 39.2 Å². The van der Waals surface area contributed by atoms with Gasteiger partial charge in [-0.05, 0) is 55.3 Å². The van der Waals surface area contributed by atoms with Crippen LogP contribution in [0.25, 0.3) is 11.0 Å². The molecule has 1 atom stereocenters. The highest BCUT2D eigenvalue weighted by atomic mass is 16.5. The van der Waals surface area contributed by atoms with E-state index in [-0.39, 0.29) is 5.56 Å². The Balaban J connectivity index is 1.82. The minimum absolute atomic E-state index is 0.151. The molecule has 0 aliphatic carbocycles. The number of carboxylic acids is 1. The van der Waals surface area contributed by atoms with Gasteiger partial charge < -0.3 is 30.6 Å². The van der Waals surface area contributed by atoms with Crippen LogP contribution in [0.1, 0.15) is 41.3 Å². The zero-order valence-corrected chi connectivity index (χ0v) is 19.6. The maximum atomic E-state index is 12.9. The van der Waals surface area contributed by atoms with E-state index in [0.717, 1.165) is 12.0 Å². The smallest absolute Gasteiger partial charge is 0.349 e. The van der Waals surface area contributed by atoms with Crippen LogP contribution in [0, 0.1) is 6.92 Å². The third-order valence-electron chi connectivity index (χ3n) is 5.40. The molecule has 0 fully saturated rings. The number of hydrogen-bond donors (Lipinski definition) is 4. The van der Waals surface area contributed by atoms with Crippen molar-refractivity contribution in [3.05, 3.63) is 63.5 Å². The quantitative estimate of drug-likeness (QED) is 0.339. The third-order valence-corrected chi connectivity index (χ3v) is 5.40. The maximum Gasteiger partial charge on any atom is 0.349 e. The molecule has 3 aromatic rings. The van der Waals surface area contributed by atoms with Crippen molar-refractivity contribution in [3.8, 4) is 5.75 Å². The number of rotatable bonds is 9. The standard InChI is InChI=1S/C25H27N3O7/c1-4-5-16-20(34-3)9-6-14-11-17(25(33)35-22(14)16)23(31)28-19-8-7-15(10-13(19)2)27-24(32)18(26)12-21(29)30/h6-11,18H,4-5,12,26H2,1-3H3,(H,27,32)(H,28,31)(H,29,30)/t18-/m0/s1. The molecule has 2 amide bonds. The van der Waals surface area contributed by atoms with Gasteiger partial charge in [0.15, 0.2) is 0 Å². The van der Waals surface area contributed by atoms with Gasteiger partial charge in [0, 0.05) is 22.3 Å². The number of methoxy groups -OCH3 is 1. The summed E-state index contributed by atoms with van der Waals surface area (Å²) in [6, 6.07) is 8.46. The fourth-order valence-electron chi connectivity index (χ4n) is 3.65. The van der Waals surface area contributed by atoms with Crippen LogP contribution in [0.4, 0.5) is 11.4 Å². The second kappa shape index (κ2) is 10.8. The number of carbonyl (C=O) groups is 3. The van der Waals surface area contributed by atoms with E-state index in [0.29, 0.717) is 40.1 Å². The highest BCUT2D eigenvalue weighted by molar-refractivity contribution is 6.06. The number of nitrogens with two attached hydrogens (primary N) is 1. The first-order valence-corrected chi connectivity index (χ1v) is 11.0. The van der Waals surface area contributed by atoms with Crippen LogP contribution in [0.5, 0.6) is 5.75 Å². The summed E-state index contributed by atoms with van der Waals surface area (Å²) in [5.41, 5.74) is 7.21. The summed E-state index contributed by atoms with van der Waals surface area (Å²) in [6.07, 6.45) is 0.973. The van der Waals surface area contributed by atoms with Gasteiger partial charge in [-0.1, -0.05) is 13.3 Å². The zero-order valence-electron chi connectivity index (χ0n) is 19.6. The average molecular weight is 482 g/mol. The Hall–Kier alpha value is -4.18. The van der Waals surface area contributed by atoms with Crippen molar-refractivity contribution in [1.29, 1.82) is 0 Å². The van der Waals surface area contributed by atoms with E-state index in [4.69, 9.17) is 20.0 Å². The topological polar surface area (TPSA) is 161 Å². The number of anilines is 2. The Kier molecular flexibility index (Phi) is 7.87. The van der Waals surface area contributed by atoms with Crippen molar-refractivity contribution in [2.24, 2.45) is 5.73 Å². The predicted molar refractivity (Wildman–Crippen MR) is 131 cm³/mol. The molecule has 10 heteroatoms. The second-order valence-electron chi connectivity index (χ2n) is 8.04. The van der Waals surface area contributed by atoms with Crippen LogP contribution in [-0.4, -0.2) is 36.0 Å². The molecule has 0 bridgehead atoms. The van der Waals surface area contributed by atoms with Crippen molar-refractivity contribution in [1.82, 2.24) is 0 Å². The van der Waals surface area contributed by atoms with Crippen LogP contribution in [0.2, 0.25) is 0 Å². The van der Waals surface area contributed by atoms with Gasteiger partial charge in [-0.3, -0.25) is 14.4 Å². The zero-order chi connectivity index (χ0) is 25.7. The summed E-state index contributed by atoms with van der Waals surface area (Å²) >= 11 is 0. The van der Waals surface area contributed by atoms with E-state index in [1.54, 1.807) is 38.3 Å². The molecule has 0 aliphatic heterocycles.